The van der Waals surface area contributed by atoms with Gasteiger partial charge < -0.3 is 15.8 Å². The van der Waals surface area contributed by atoms with Crippen molar-refractivity contribution in [3.05, 3.63) is 92.1 Å². The molecule has 3 N–H and O–H groups in total. The molecule has 1 aromatic heterocycles. The van der Waals surface area contributed by atoms with Gasteiger partial charge in [-0.15, -0.1) is 23.1 Å². The van der Waals surface area contributed by atoms with E-state index in [2.05, 4.69) is 33.1 Å². The summed E-state index contributed by atoms with van der Waals surface area (Å²) in [5.74, 6) is 6.08. The van der Waals surface area contributed by atoms with Crippen LogP contribution in [-0.2, 0) is 16.0 Å². The third-order valence-electron chi connectivity index (χ3n) is 6.31. The second-order valence-corrected chi connectivity index (χ2v) is 12.4. The van der Waals surface area contributed by atoms with Crippen molar-refractivity contribution >= 4 is 62.4 Å². The molecule has 1 aliphatic rings. The van der Waals surface area contributed by atoms with E-state index < -0.39 is 11.2 Å². The number of nitrogens with zero attached hydrogens (tertiary/aromatic N) is 1. The molecule has 7 nitrogen and oxygen atoms in total. The van der Waals surface area contributed by atoms with Crippen LogP contribution in [0, 0.1) is 11.8 Å². The highest BCUT2D eigenvalue weighted by molar-refractivity contribution is 9.10. The van der Waals surface area contributed by atoms with E-state index >= 15 is 0 Å². The molecule has 3 amide bonds. The summed E-state index contributed by atoms with van der Waals surface area (Å²) in [4.78, 5) is 42.0. The number of nitrogens with two attached hydrogens (primary N) is 1. The lowest BCUT2D eigenvalue weighted by molar-refractivity contribution is -0.124. The van der Waals surface area contributed by atoms with Gasteiger partial charge in [0.2, 0.25) is 17.7 Å². The van der Waals surface area contributed by atoms with Crippen LogP contribution in [0.5, 0.6) is 5.75 Å². The van der Waals surface area contributed by atoms with Crippen LogP contribution in [0.2, 0.25) is 0 Å². The average Bonchev–Trinajstić information content (AvgIpc) is 3.55. The normalized spacial score (nSPS) is 16.5. The third-order valence-corrected chi connectivity index (χ3v) is 9.55. The number of ether oxygens (including phenoxy) is 1. The molecule has 2 aromatic carbocycles. The Bertz CT molecular complexity index is 1520. The minimum absolute atomic E-state index is 0.0414. The number of thiophene rings is 1. The Hall–Kier alpha value is -3.52. The Kier molecular flexibility index (Phi) is 10.7. The van der Waals surface area contributed by atoms with E-state index in [9.17, 15) is 14.4 Å². The van der Waals surface area contributed by atoms with Crippen molar-refractivity contribution in [1.29, 1.82) is 0 Å². The van der Waals surface area contributed by atoms with Gasteiger partial charge in [-0.3, -0.25) is 19.3 Å². The van der Waals surface area contributed by atoms with Gasteiger partial charge in [0.05, 0.1) is 21.7 Å². The first kappa shape index (κ1) is 30.4. The molecule has 0 radical (unpaired) electrons. The number of methoxy groups -OCH3 is 1. The monoisotopic (exact) mass is 651 g/mol. The van der Waals surface area contributed by atoms with Gasteiger partial charge in [0, 0.05) is 35.5 Å². The number of hydrogen-bond donors (Lipinski definition) is 2. The number of carbonyl (C=O) groups is 3. The highest BCUT2D eigenvalue weighted by atomic mass is 79.9. The molecule has 1 aliphatic heterocycles. The highest BCUT2D eigenvalue weighted by Gasteiger charge is 2.43. The molecule has 1 saturated heterocycles. The Labute approximate surface area is 256 Å². The van der Waals surface area contributed by atoms with Crippen LogP contribution in [0.25, 0.3) is 0 Å². The molecule has 41 heavy (non-hydrogen) atoms. The third kappa shape index (κ3) is 7.82. The van der Waals surface area contributed by atoms with Crippen molar-refractivity contribution in [3.8, 4) is 17.6 Å². The summed E-state index contributed by atoms with van der Waals surface area (Å²) >= 11 is 6.43. The summed E-state index contributed by atoms with van der Waals surface area (Å²) in [5.41, 5.74) is 7.43. The largest absolute Gasteiger partial charge is 0.496 e. The minimum Gasteiger partial charge on any atom is -0.496 e. The molecule has 4 rings (SSSR count). The number of hydrogen-bond acceptors (Lipinski definition) is 6. The number of amides is 3. The van der Waals surface area contributed by atoms with Crippen LogP contribution in [0.1, 0.15) is 50.8 Å². The molecule has 10 heteroatoms. The molecular formula is C31H30BrN3O4S2. The predicted molar refractivity (Wildman–Crippen MR) is 169 cm³/mol. The predicted octanol–water partition coefficient (Wildman–Crippen LogP) is 5.83. The number of primary amides is 1. The van der Waals surface area contributed by atoms with Gasteiger partial charge >= 0.3 is 0 Å². The van der Waals surface area contributed by atoms with E-state index in [0.717, 1.165) is 25.5 Å². The van der Waals surface area contributed by atoms with Crippen molar-refractivity contribution in [2.45, 2.75) is 36.8 Å². The van der Waals surface area contributed by atoms with E-state index in [1.807, 2.05) is 49.4 Å². The molecule has 2 unspecified atom stereocenters. The Morgan fingerprint density at radius 2 is 2.02 bits per heavy atom. The lowest BCUT2D eigenvalue weighted by atomic mass is 10.1. The molecule has 2 atom stereocenters. The molecule has 3 aromatic rings. The Morgan fingerprint density at radius 1 is 1.20 bits per heavy atom. The standard InChI is InChI=1S/C31H30BrN3O4S2/c1-3-4-5-6-10-23-12-14-26(40-23)31-35(22-9-7-8-21(18-22)29(33)37)30(38)27(41-31)19-28(36)34-16-15-20-11-13-25(39-2)24(32)17-20/h3-4,7-9,11-14,17-18,27,31H,5,15-16,19H2,1-2H3,(H2,33,37)(H,34,36)/b4-3-. The van der Waals surface area contributed by atoms with Crippen LogP contribution in [0.15, 0.2) is 71.2 Å². The fourth-order valence-corrected chi connectivity index (χ4v) is 7.37. The summed E-state index contributed by atoms with van der Waals surface area (Å²) in [6.45, 7) is 2.40. The molecule has 2 heterocycles. The summed E-state index contributed by atoms with van der Waals surface area (Å²) in [7, 11) is 1.61. The van der Waals surface area contributed by atoms with Gasteiger partial charge in [0.15, 0.2) is 0 Å². The van der Waals surface area contributed by atoms with E-state index in [0.29, 0.717) is 30.6 Å². The summed E-state index contributed by atoms with van der Waals surface area (Å²) < 4.78 is 6.12. The van der Waals surface area contributed by atoms with Gasteiger partial charge in [0.1, 0.15) is 11.1 Å². The van der Waals surface area contributed by atoms with E-state index in [4.69, 9.17) is 10.5 Å². The maximum atomic E-state index is 13.7. The number of benzene rings is 2. The number of thioether (sulfide) groups is 1. The highest BCUT2D eigenvalue weighted by Crippen LogP contribution is 2.48. The van der Waals surface area contributed by atoms with Crippen molar-refractivity contribution < 1.29 is 19.1 Å². The van der Waals surface area contributed by atoms with E-state index in [1.54, 1.807) is 36.3 Å². The maximum Gasteiger partial charge on any atom is 0.248 e. The Morgan fingerprint density at radius 3 is 2.76 bits per heavy atom. The topological polar surface area (TPSA) is 102 Å². The maximum absolute atomic E-state index is 13.7. The second kappa shape index (κ2) is 14.4. The van der Waals surface area contributed by atoms with E-state index in [-0.39, 0.29) is 23.6 Å². The summed E-state index contributed by atoms with van der Waals surface area (Å²) in [5, 5.41) is 2.00. The van der Waals surface area contributed by atoms with Crippen LogP contribution >= 0.6 is 39.0 Å². The Balaban J connectivity index is 1.49. The molecular weight excluding hydrogens is 622 g/mol. The SMILES string of the molecule is C/C=C\CC#Cc1ccc(C2SC(CC(=O)NCCc3ccc(OC)c(Br)c3)C(=O)N2c2cccc(C(N)=O)c2)s1. The zero-order valence-electron chi connectivity index (χ0n) is 22.7. The second-order valence-electron chi connectivity index (χ2n) is 9.15. The first-order chi connectivity index (χ1) is 19.8. The molecule has 0 aliphatic carbocycles. The molecule has 0 saturated carbocycles. The van der Waals surface area contributed by atoms with Gasteiger partial charge in [-0.1, -0.05) is 36.1 Å². The minimum atomic E-state index is -0.585. The summed E-state index contributed by atoms with van der Waals surface area (Å²) in [6.07, 6.45) is 5.30. The quantitative estimate of drug-likeness (QED) is 0.212. The van der Waals surface area contributed by atoms with Gasteiger partial charge in [0.25, 0.3) is 0 Å². The van der Waals surface area contributed by atoms with Crippen molar-refractivity contribution in [2.24, 2.45) is 5.73 Å². The zero-order valence-corrected chi connectivity index (χ0v) is 25.9. The molecule has 0 spiro atoms. The molecule has 1 fully saturated rings. The first-order valence-corrected chi connectivity index (χ1v) is 15.5. The van der Waals surface area contributed by atoms with Gasteiger partial charge in [-0.05, 0) is 77.3 Å². The number of allylic oxidation sites excluding steroid dienone is 2. The van der Waals surface area contributed by atoms with Crippen LogP contribution < -0.4 is 20.7 Å². The van der Waals surface area contributed by atoms with Crippen LogP contribution in [0.4, 0.5) is 5.69 Å². The van der Waals surface area contributed by atoms with Crippen molar-refractivity contribution in [1.82, 2.24) is 5.32 Å². The number of halogens is 1. The van der Waals surface area contributed by atoms with E-state index in [1.165, 1.54) is 23.1 Å². The van der Waals surface area contributed by atoms with Gasteiger partial charge in [-0.2, -0.15) is 0 Å². The lowest BCUT2D eigenvalue weighted by Gasteiger charge is -2.23. The number of nitrogens with one attached hydrogen (secondary N) is 1. The van der Waals surface area contributed by atoms with Crippen molar-refractivity contribution in [3.63, 3.8) is 0 Å². The van der Waals surface area contributed by atoms with Gasteiger partial charge in [-0.25, -0.2) is 0 Å². The first-order valence-electron chi connectivity index (χ1n) is 13.0. The lowest BCUT2D eigenvalue weighted by Crippen LogP contribution is -2.34. The fraction of sp³-hybridized carbons (Fsp3) is 0.258. The van der Waals surface area contributed by atoms with Crippen LogP contribution in [-0.4, -0.2) is 36.6 Å². The van der Waals surface area contributed by atoms with Crippen molar-refractivity contribution in [2.75, 3.05) is 18.6 Å². The average molecular weight is 653 g/mol. The molecule has 0 bridgehead atoms. The molecule has 212 valence electrons. The number of anilines is 1. The smallest absolute Gasteiger partial charge is 0.248 e. The summed E-state index contributed by atoms with van der Waals surface area (Å²) in [6, 6.07) is 16.4. The number of carbonyl (C=O) groups excluding carboxylic acids is 3. The number of rotatable bonds is 10. The zero-order chi connectivity index (χ0) is 29.4. The fourth-order valence-electron chi connectivity index (χ4n) is 4.27. The van der Waals surface area contributed by atoms with Crippen LogP contribution in [0.3, 0.4) is 0 Å².